The van der Waals surface area contributed by atoms with Crippen molar-refractivity contribution in [2.45, 2.75) is 19.1 Å². The summed E-state index contributed by atoms with van der Waals surface area (Å²) in [6, 6.07) is 10.2. The summed E-state index contributed by atoms with van der Waals surface area (Å²) in [6.07, 6.45) is 2.52. The van der Waals surface area contributed by atoms with E-state index < -0.39 is 0 Å². The van der Waals surface area contributed by atoms with E-state index in [-0.39, 0.29) is 12.0 Å². The number of rotatable bonds is 6. The fourth-order valence-corrected chi connectivity index (χ4v) is 4.00. The van der Waals surface area contributed by atoms with E-state index in [0.717, 1.165) is 17.1 Å². The summed E-state index contributed by atoms with van der Waals surface area (Å²) in [6.45, 7) is 2.57. The Morgan fingerprint density at radius 1 is 1.35 bits per heavy atom. The van der Waals surface area contributed by atoms with Crippen molar-refractivity contribution < 1.29 is 9.90 Å². The Balaban J connectivity index is 1.51. The fourth-order valence-electron chi connectivity index (χ4n) is 3.26. The van der Waals surface area contributed by atoms with Gasteiger partial charge in [-0.2, -0.15) is 0 Å². The third kappa shape index (κ3) is 3.38. The van der Waals surface area contributed by atoms with Crippen molar-refractivity contribution >= 4 is 22.2 Å². The molecule has 0 bridgehead atoms. The highest BCUT2D eigenvalue weighted by Gasteiger charge is 2.29. The van der Waals surface area contributed by atoms with Crippen molar-refractivity contribution in [3.63, 3.8) is 0 Å². The lowest BCUT2D eigenvalue weighted by atomic mass is 10.1. The van der Waals surface area contributed by atoms with Crippen LogP contribution in [-0.2, 0) is 13.0 Å². The molecule has 1 N–H and O–H groups in total. The minimum absolute atomic E-state index is 0.0482. The van der Waals surface area contributed by atoms with Crippen LogP contribution in [0.5, 0.6) is 0 Å². The first-order chi connectivity index (χ1) is 12.6. The van der Waals surface area contributed by atoms with Crippen molar-refractivity contribution in [2.75, 3.05) is 26.7 Å². The molecule has 3 heterocycles. The largest absolute Gasteiger partial charge is 0.390 e. The minimum atomic E-state index is -0.256. The molecule has 6 nitrogen and oxygen atoms in total. The molecule has 136 valence electrons. The van der Waals surface area contributed by atoms with Gasteiger partial charge in [0.2, 0.25) is 0 Å². The molecule has 0 saturated carbocycles. The van der Waals surface area contributed by atoms with Crippen LogP contribution in [0.3, 0.4) is 0 Å². The van der Waals surface area contributed by atoms with Crippen LogP contribution in [-0.4, -0.2) is 63.0 Å². The maximum Gasteiger partial charge on any atom is 0.274 e. The number of likely N-dealkylation sites (tertiary alicyclic amines) is 1. The summed E-state index contributed by atoms with van der Waals surface area (Å²) >= 11 is 1.53. The normalized spacial score (nSPS) is 15.3. The van der Waals surface area contributed by atoms with Gasteiger partial charge in [0, 0.05) is 44.8 Å². The van der Waals surface area contributed by atoms with Crippen molar-refractivity contribution in [1.29, 1.82) is 0 Å². The average molecular weight is 370 g/mol. The van der Waals surface area contributed by atoms with Gasteiger partial charge in [0.15, 0.2) is 10.7 Å². The zero-order valence-corrected chi connectivity index (χ0v) is 15.5. The number of hydrogen-bond acceptors (Lipinski definition) is 5. The summed E-state index contributed by atoms with van der Waals surface area (Å²) in [5.41, 5.74) is 2.64. The summed E-state index contributed by atoms with van der Waals surface area (Å²) < 4.78 is 1.99. The number of thiazole rings is 1. The predicted molar refractivity (Wildman–Crippen MR) is 101 cm³/mol. The molecule has 0 radical (unpaired) electrons. The van der Waals surface area contributed by atoms with E-state index in [1.54, 1.807) is 4.90 Å². The van der Waals surface area contributed by atoms with Crippen LogP contribution in [0.2, 0.25) is 0 Å². The van der Waals surface area contributed by atoms with E-state index in [1.807, 2.05) is 41.2 Å². The average Bonchev–Trinajstić information content (AvgIpc) is 3.21. The number of carbonyl (C=O) groups is 1. The number of β-amino-alcohol motifs (C(OH)–C–C–N with tert-alkyl or cyclic N) is 1. The monoisotopic (exact) mass is 370 g/mol. The van der Waals surface area contributed by atoms with Gasteiger partial charge in [-0.15, -0.1) is 11.3 Å². The maximum atomic E-state index is 13.0. The van der Waals surface area contributed by atoms with E-state index in [9.17, 15) is 9.90 Å². The molecule has 1 aliphatic rings. The van der Waals surface area contributed by atoms with Crippen LogP contribution in [0.1, 0.15) is 21.7 Å². The van der Waals surface area contributed by atoms with Crippen LogP contribution >= 0.6 is 11.3 Å². The van der Waals surface area contributed by atoms with Crippen LogP contribution in [0, 0.1) is 0 Å². The Bertz CT molecular complexity index is 899. The van der Waals surface area contributed by atoms with Crippen molar-refractivity contribution in [1.82, 2.24) is 19.2 Å². The lowest BCUT2D eigenvalue weighted by Gasteiger charge is -2.35. The fraction of sp³-hybridized carbons (Fsp3) is 0.368. The van der Waals surface area contributed by atoms with Crippen LogP contribution in [0.15, 0.2) is 41.9 Å². The highest BCUT2D eigenvalue weighted by atomic mass is 32.1. The van der Waals surface area contributed by atoms with Crippen LogP contribution in [0.25, 0.3) is 4.96 Å². The van der Waals surface area contributed by atoms with E-state index in [1.165, 1.54) is 16.9 Å². The second kappa shape index (κ2) is 7.19. The molecule has 7 heteroatoms. The van der Waals surface area contributed by atoms with Crippen molar-refractivity contribution in [3.8, 4) is 0 Å². The first kappa shape index (κ1) is 17.2. The smallest absolute Gasteiger partial charge is 0.274 e. The van der Waals surface area contributed by atoms with Gasteiger partial charge in [-0.05, 0) is 12.0 Å². The number of carbonyl (C=O) groups excluding carboxylic acids is 1. The molecule has 0 atom stereocenters. The molecule has 2 aromatic heterocycles. The van der Waals surface area contributed by atoms with Crippen molar-refractivity contribution in [3.05, 3.63) is 58.9 Å². The lowest BCUT2D eigenvalue weighted by Crippen LogP contribution is -2.50. The SMILES string of the molecule is CN(CCc1ccccc1)C(=O)c1nc2sccn2c1CN1CC(O)C1. The zero-order chi connectivity index (χ0) is 18.1. The number of likely N-dealkylation sites (N-methyl/N-ethyl adjacent to an activating group) is 1. The quantitative estimate of drug-likeness (QED) is 0.720. The van der Waals surface area contributed by atoms with Gasteiger partial charge >= 0.3 is 0 Å². The predicted octanol–water partition coefficient (Wildman–Crippen LogP) is 1.89. The molecule has 1 aliphatic heterocycles. The topological polar surface area (TPSA) is 61.1 Å². The van der Waals surface area contributed by atoms with Gasteiger partial charge in [-0.25, -0.2) is 4.98 Å². The first-order valence-electron chi connectivity index (χ1n) is 8.76. The number of aliphatic hydroxyl groups is 1. The van der Waals surface area contributed by atoms with Crippen molar-refractivity contribution in [2.24, 2.45) is 0 Å². The van der Waals surface area contributed by atoms with Gasteiger partial charge in [0.1, 0.15) is 0 Å². The Labute approximate surface area is 156 Å². The van der Waals surface area contributed by atoms with Gasteiger partial charge in [-0.1, -0.05) is 30.3 Å². The molecule has 4 rings (SSSR count). The molecule has 0 aliphatic carbocycles. The Kier molecular flexibility index (Phi) is 4.76. The number of hydrogen-bond donors (Lipinski definition) is 1. The molecule has 26 heavy (non-hydrogen) atoms. The highest BCUT2D eigenvalue weighted by molar-refractivity contribution is 7.15. The minimum Gasteiger partial charge on any atom is -0.390 e. The number of amides is 1. The number of fused-ring (bicyclic) bond motifs is 1. The summed E-state index contributed by atoms with van der Waals surface area (Å²) in [7, 11) is 1.83. The first-order valence-corrected chi connectivity index (χ1v) is 9.64. The molecule has 3 aromatic rings. The van der Waals surface area contributed by atoms with Gasteiger partial charge < -0.3 is 10.0 Å². The molecule has 1 amide bonds. The standard InChI is InChI=1S/C19H22N4O2S/c1-21(8-7-14-5-3-2-4-6-14)18(25)17-16(13-22-11-15(24)12-22)23-9-10-26-19(23)20-17/h2-6,9-10,15,24H,7-8,11-13H2,1H3. The van der Waals surface area contributed by atoms with E-state index >= 15 is 0 Å². The van der Waals surface area contributed by atoms with Crippen LogP contribution < -0.4 is 0 Å². The maximum absolute atomic E-state index is 13.0. The Morgan fingerprint density at radius 2 is 2.12 bits per heavy atom. The van der Waals surface area contributed by atoms with Crippen LogP contribution in [0.4, 0.5) is 0 Å². The van der Waals surface area contributed by atoms with E-state index in [2.05, 4.69) is 22.0 Å². The Morgan fingerprint density at radius 3 is 2.85 bits per heavy atom. The number of aliphatic hydroxyl groups excluding tert-OH is 1. The number of benzene rings is 1. The second-order valence-electron chi connectivity index (χ2n) is 6.77. The molecular weight excluding hydrogens is 348 g/mol. The molecular formula is C19H22N4O2S. The molecule has 1 aromatic carbocycles. The third-order valence-electron chi connectivity index (χ3n) is 4.80. The Hall–Kier alpha value is -2.22. The number of nitrogens with zero attached hydrogens (tertiary/aromatic N) is 4. The molecule has 0 spiro atoms. The van der Waals surface area contributed by atoms with E-state index in [0.29, 0.717) is 31.9 Å². The van der Waals surface area contributed by atoms with Gasteiger partial charge in [0.25, 0.3) is 5.91 Å². The summed E-state index contributed by atoms with van der Waals surface area (Å²) in [4.78, 5) is 22.3. The highest BCUT2D eigenvalue weighted by Crippen LogP contribution is 2.22. The third-order valence-corrected chi connectivity index (χ3v) is 5.56. The zero-order valence-electron chi connectivity index (χ0n) is 14.7. The molecule has 0 unspecified atom stereocenters. The number of imidazole rings is 1. The summed E-state index contributed by atoms with van der Waals surface area (Å²) in [5.74, 6) is -0.0482. The molecule has 1 fully saturated rings. The second-order valence-corrected chi connectivity index (χ2v) is 7.65. The summed E-state index contributed by atoms with van der Waals surface area (Å²) in [5, 5.41) is 11.5. The van der Waals surface area contributed by atoms with Gasteiger partial charge in [0.05, 0.1) is 11.8 Å². The van der Waals surface area contributed by atoms with Gasteiger partial charge in [-0.3, -0.25) is 14.1 Å². The van der Waals surface area contributed by atoms with E-state index in [4.69, 9.17) is 0 Å². The lowest BCUT2D eigenvalue weighted by molar-refractivity contribution is -0.00381. The molecule has 1 saturated heterocycles. The number of aromatic nitrogens is 2.